The number of carbonyl (C=O) groups excluding carboxylic acids is 1. The van der Waals surface area contributed by atoms with Crippen molar-refractivity contribution in [3.8, 4) is 11.5 Å². The van der Waals surface area contributed by atoms with Crippen molar-refractivity contribution < 1.29 is 14.3 Å². The molecule has 8 heteroatoms. The average molecular weight is 445 g/mol. The summed E-state index contributed by atoms with van der Waals surface area (Å²) < 4.78 is 10.9. The SMILES string of the molecule is CCN(CC)CCCNC(=S)NNC(=O)c1ccc(COc2ccc(OC)cc2)cc1. The number of ether oxygens (including phenoxy) is 2. The van der Waals surface area contributed by atoms with Crippen LogP contribution >= 0.6 is 12.2 Å². The minimum absolute atomic E-state index is 0.255. The third kappa shape index (κ3) is 8.82. The second-order valence-electron chi connectivity index (χ2n) is 6.88. The summed E-state index contributed by atoms with van der Waals surface area (Å²) in [6.07, 6.45) is 0.984. The standard InChI is InChI=1S/C23H32N4O3S/c1-4-27(5-2)16-6-15-24-23(31)26-25-22(28)19-9-7-18(8-10-19)17-30-21-13-11-20(29-3)12-14-21/h7-14H,4-6,15-17H2,1-3H3,(H,25,28)(H2,24,26,31). The maximum absolute atomic E-state index is 12.3. The number of carbonyl (C=O) groups is 1. The van der Waals surface area contributed by atoms with E-state index < -0.39 is 0 Å². The van der Waals surface area contributed by atoms with Crippen LogP contribution in [0.3, 0.4) is 0 Å². The molecule has 0 atom stereocenters. The van der Waals surface area contributed by atoms with Crippen LogP contribution in [0.2, 0.25) is 0 Å². The molecule has 0 saturated carbocycles. The van der Waals surface area contributed by atoms with E-state index in [2.05, 4.69) is 34.9 Å². The normalized spacial score (nSPS) is 10.5. The Morgan fingerprint density at radius 1 is 0.968 bits per heavy atom. The Hall–Kier alpha value is -2.84. The lowest BCUT2D eigenvalue weighted by Crippen LogP contribution is -2.47. The summed E-state index contributed by atoms with van der Waals surface area (Å²) in [6.45, 7) is 8.57. The van der Waals surface area contributed by atoms with Crippen molar-refractivity contribution in [3.63, 3.8) is 0 Å². The number of amides is 1. The number of benzene rings is 2. The molecule has 2 aromatic rings. The molecular weight excluding hydrogens is 412 g/mol. The first-order valence-corrected chi connectivity index (χ1v) is 10.9. The summed E-state index contributed by atoms with van der Waals surface area (Å²) in [7, 11) is 1.63. The van der Waals surface area contributed by atoms with E-state index in [0.29, 0.717) is 17.3 Å². The topological polar surface area (TPSA) is 74.9 Å². The van der Waals surface area contributed by atoms with Gasteiger partial charge in [-0.05, 0) is 80.2 Å². The van der Waals surface area contributed by atoms with Crippen LogP contribution < -0.4 is 25.6 Å². The quantitative estimate of drug-likeness (QED) is 0.279. The van der Waals surface area contributed by atoms with Crippen LogP contribution in [0, 0.1) is 0 Å². The zero-order chi connectivity index (χ0) is 22.5. The molecule has 0 saturated heterocycles. The lowest BCUT2D eigenvalue weighted by molar-refractivity contribution is 0.0943. The maximum atomic E-state index is 12.3. The van der Waals surface area contributed by atoms with Gasteiger partial charge in [0, 0.05) is 12.1 Å². The third-order valence-electron chi connectivity index (χ3n) is 4.80. The van der Waals surface area contributed by atoms with Crippen LogP contribution in [0.5, 0.6) is 11.5 Å². The van der Waals surface area contributed by atoms with Gasteiger partial charge in [-0.25, -0.2) is 0 Å². The highest BCUT2D eigenvalue weighted by Crippen LogP contribution is 2.18. The molecule has 0 aliphatic heterocycles. The predicted octanol–water partition coefficient (Wildman–Crippen LogP) is 3.12. The van der Waals surface area contributed by atoms with E-state index in [4.69, 9.17) is 21.7 Å². The molecule has 0 aliphatic carbocycles. The summed E-state index contributed by atoms with van der Waals surface area (Å²) >= 11 is 5.20. The number of nitrogens with zero attached hydrogens (tertiary/aromatic N) is 1. The molecule has 1 amide bonds. The number of rotatable bonds is 11. The summed E-state index contributed by atoms with van der Waals surface area (Å²) in [5, 5.41) is 3.50. The predicted molar refractivity (Wildman–Crippen MR) is 127 cm³/mol. The van der Waals surface area contributed by atoms with Crippen molar-refractivity contribution in [2.45, 2.75) is 26.9 Å². The van der Waals surface area contributed by atoms with E-state index in [9.17, 15) is 4.79 Å². The largest absolute Gasteiger partial charge is 0.497 e. The van der Waals surface area contributed by atoms with Crippen LogP contribution in [-0.4, -0.2) is 49.2 Å². The molecule has 0 aliphatic rings. The molecule has 0 heterocycles. The van der Waals surface area contributed by atoms with Crippen LogP contribution in [0.1, 0.15) is 36.2 Å². The van der Waals surface area contributed by atoms with E-state index in [1.54, 1.807) is 19.2 Å². The van der Waals surface area contributed by atoms with E-state index >= 15 is 0 Å². The van der Waals surface area contributed by atoms with Gasteiger partial charge in [0.15, 0.2) is 5.11 Å². The molecule has 168 valence electrons. The maximum Gasteiger partial charge on any atom is 0.269 e. The minimum atomic E-state index is -0.255. The smallest absolute Gasteiger partial charge is 0.269 e. The van der Waals surface area contributed by atoms with Crippen LogP contribution in [0.4, 0.5) is 0 Å². The highest BCUT2D eigenvalue weighted by atomic mass is 32.1. The van der Waals surface area contributed by atoms with Crippen molar-refractivity contribution in [3.05, 3.63) is 59.7 Å². The van der Waals surface area contributed by atoms with Crippen molar-refractivity contribution >= 4 is 23.2 Å². The first kappa shape index (κ1) is 24.4. The molecule has 0 fully saturated rings. The summed E-state index contributed by atoms with van der Waals surface area (Å²) in [5.74, 6) is 1.28. The summed E-state index contributed by atoms with van der Waals surface area (Å²) in [5.41, 5.74) is 6.85. The number of hydrogen-bond acceptors (Lipinski definition) is 5. The Labute approximate surface area is 190 Å². The first-order valence-electron chi connectivity index (χ1n) is 10.5. The Bertz CT molecular complexity index is 809. The highest BCUT2D eigenvalue weighted by Gasteiger charge is 2.06. The second kappa shape index (κ2) is 13.5. The molecule has 3 N–H and O–H groups in total. The number of nitrogens with one attached hydrogen (secondary N) is 3. The summed E-state index contributed by atoms with van der Waals surface area (Å²) in [4.78, 5) is 14.6. The molecule has 0 aromatic heterocycles. The lowest BCUT2D eigenvalue weighted by Gasteiger charge is -2.18. The Morgan fingerprint density at radius 3 is 2.23 bits per heavy atom. The fraction of sp³-hybridized carbons (Fsp3) is 0.391. The van der Waals surface area contributed by atoms with Crippen molar-refractivity contribution in [1.82, 2.24) is 21.1 Å². The minimum Gasteiger partial charge on any atom is -0.497 e. The van der Waals surface area contributed by atoms with Crippen molar-refractivity contribution in [1.29, 1.82) is 0 Å². The number of methoxy groups -OCH3 is 1. The fourth-order valence-corrected chi connectivity index (χ4v) is 3.02. The van der Waals surface area contributed by atoms with E-state index in [1.165, 1.54) is 0 Å². The number of thiocarbonyl (C=S) groups is 1. The molecule has 2 aromatic carbocycles. The van der Waals surface area contributed by atoms with Crippen LogP contribution in [0.25, 0.3) is 0 Å². The second-order valence-corrected chi connectivity index (χ2v) is 7.28. The van der Waals surface area contributed by atoms with E-state index in [-0.39, 0.29) is 5.91 Å². The first-order chi connectivity index (χ1) is 15.0. The Kier molecular flexibility index (Phi) is 10.6. The highest BCUT2D eigenvalue weighted by molar-refractivity contribution is 7.80. The van der Waals surface area contributed by atoms with Crippen molar-refractivity contribution in [2.24, 2.45) is 0 Å². The van der Waals surface area contributed by atoms with Gasteiger partial charge in [-0.15, -0.1) is 0 Å². The van der Waals surface area contributed by atoms with Gasteiger partial charge in [-0.3, -0.25) is 15.6 Å². The van der Waals surface area contributed by atoms with E-state index in [1.807, 2.05) is 36.4 Å². The van der Waals surface area contributed by atoms with Crippen LogP contribution in [-0.2, 0) is 6.61 Å². The average Bonchev–Trinajstić information content (AvgIpc) is 2.82. The molecule has 2 rings (SSSR count). The van der Waals surface area contributed by atoms with Gasteiger partial charge in [-0.2, -0.15) is 0 Å². The third-order valence-corrected chi connectivity index (χ3v) is 5.05. The van der Waals surface area contributed by atoms with Crippen LogP contribution in [0.15, 0.2) is 48.5 Å². The summed E-state index contributed by atoms with van der Waals surface area (Å²) in [6, 6.07) is 14.6. The fourth-order valence-electron chi connectivity index (χ4n) is 2.87. The molecule has 0 unspecified atom stereocenters. The van der Waals surface area contributed by atoms with Gasteiger partial charge in [-0.1, -0.05) is 26.0 Å². The van der Waals surface area contributed by atoms with Gasteiger partial charge in [0.1, 0.15) is 18.1 Å². The van der Waals surface area contributed by atoms with Gasteiger partial charge in [0.25, 0.3) is 5.91 Å². The van der Waals surface area contributed by atoms with Gasteiger partial charge >= 0.3 is 0 Å². The molecule has 0 spiro atoms. The van der Waals surface area contributed by atoms with Gasteiger partial charge < -0.3 is 19.7 Å². The van der Waals surface area contributed by atoms with Crippen molar-refractivity contribution in [2.75, 3.05) is 33.3 Å². The molecule has 7 nitrogen and oxygen atoms in total. The zero-order valence-electron chi connectivity index (χ0n) is 18.4. The van der Waals surface area contributed by atoms with E-state index in [0.717, 1.165) is 49.7 Å². The molecule has 0 radical (unpaired) electrons. The monoisotopic (exact) mass is 444 g/mol. The Morgan fingerprint density at radius 2 is 1.61 bits per heavy atom. The van der Waals surface area contributed by atoms with Gasteiger partial charge in [0.05, 0.1) is 7.11 Å². The molecule has 31 heavy (non-hydrogen) atoms. The number of hydrogen-bond donors (Lipinski definition) is 3. The molecule has 0 bridgehead atoms. The number of hydrazine groups is 1. The van der Waals surface area contributed by atoms with Gasteiger partial charge in [0.2, 0.25) is 0 Å². The Balaban J connectivity index is 1.69. The lowest BCUT2D eigenvalue weighted by atomic mass is 10.1. The zero-order valence-corrected chi connectivity index (χ0v) is 19.3. The molecular formula is C23H32N4O3S.